The molecule has 1 aromatic rings. The van der Waals surface area contributed by atoms with E-state index in [1.54, 1.807) is 6.07 Å². The third-order valence-corrected chi connectivity index (χ3v) is 2.72. The van der Waals surface area contributed by atoms with Crippen molar-refractivity contribution in [2.45, 2.75) is 13.3 Å². The maximum absolute atomic E-state index is 11.2. The van der Waals surface area contributed by atoms with Gasteiger partial charge in [0.05, 0.1) is 5.33 Å². The zero-order chi connectivity index (χ0) is 10.6. The summed E-state index contributed by atoms with van der Waals surface area (Å²) >= 11 is 3.11. The van der Waals surface area contributed by atoms with Crippen molar-refractivity contribution in [2.24, 2.45) is 0 Å². The Hall–Kier alpha value is -0.960. The highest BCUT2D eigenvalue weighted by molar-refractivity contribution is 9.09. The van der Waals surface area contributed by atoms with Gasteiger partial charge in [0.15, 0.2) is 0 Å². The third kappa shape index (κ3) is 2.51. The summed E-state index contributed by atoms with van der Waals surface area (Å²) in [6.45, 7) is 1.91. The summed E-state index contributed by atoms with van der Waals surface area (Å²) in [5.41, 5.74) is 2.44. The van der Waals surface area contributed by atoms with Crippen molar-refractivity contribution < 1.29 is 9.59 Å². The second-order valence-electron chi connectivity index (χ2n) is 3.11. The maximum atomic E-state index is 11.2. The molecule has 0 bridgehead atoms. The highest BCUT2D eigenvalue weighted by atomic mass is 79.9. The van der Waals surface area contributed by atoms with Crippen LogP contribution in [-0.4, -0.2) is 17.4 Å². The predicted molar refractivity (Wildman–Crippen MR) is 59.1 cm³/mol. The Balaban J connectivity index is 3.04. The Morgan fingerprint density at radius 1 is 1.50 bits per heavy atom. The highest BCUT2D eigenvalue weighted by Gasteiger charge is 2.08. The van der Waals surface area contributed by atoms with E-state index in [0.717, 1.165) is 17.4 Å². The largest absolute Gasteiger partial charge is 0.298 e. The number of alkyl halides is 1. The smallest absolute Gasteiger partial charge is 0.150 e. The predicted octanol–water partition coefficient (Wildman–Crippen LogP) is 2.31. The van der Waals surface area contributed by atoms with Crippen LogP contribution in [-0.2, 0) is 11.2 Å². The molecule has 0 aliphatic carbocycles. The maximum Gasteiger partial charge on any atom is 0.150 e. The first kappa shape index (κ1) is 11.1. The van der Waals surface area contributed by atoms with E-state index in [0.29, 0.717) is 17.3 Å². The molecule has 0 unspecified atom stereocenters. The van der Waals surface area contributed by atoms with Crippen LogP contribution in [0.25, 0.3) is 0 Å². The number of halogens is 1. The van der Waals surface area contributed by atoms with Gasteiger partial charge in [-0.1, -0.05) is 34.1 Å². The minimum Gasteiger partial charge on any atom is -0.298 e. The van der Waals surface area contributed by atoms with E-state index < -0.39 is 0 Å². The number of hydrogen-bond acceptors (Lipinski definition) is 2. The Morgan fingerprint density at radius 2 is 2.21 bits per heavy atom. The average Bonchev–Trinajstić information content (AvgIpc) is 2.20. The second-order valence-corrected chi connectivity index (χ2v) is 3.67. The SMILES string of the molecule is Cc1cccc(C=O)c1CC(=O)CBr. The molecule has 0 aliphatic heterocycles. The topological polar surface area (TPSA) is 34.1 Å². The minimum absolute atomic E-state index is 0.0856. The van der Waals surface area contributed by atoms with Crippen molar-refractivity contribution in [1.29, 1.82) is 0 Å². The molecule has 0 amide bonds. The molecule has 0 saturated carbocycles. The molecule has 0 spiro atoms. The Bertz CT molecular complexity index is 358. The van der Waals surface area contributed by atoms with Crippen LogP contribution in [0.1, 0.15) is 21.5 Å². The number of carbonyl (C=O) groups excluding carboxylic acids is 2. The first-order valence-electron chi connectivity index (χ1n) is 4.30. The molecule has 0 heterocycles. The molecule has 0 aromatic heterocycles. The first-order chi connectivity index (χ1) is 6.69. The minimum atomic E-state index is 0.0856. The zero-order valence-electron chi connectivity index (χ0n) is 7.92. The molecular formula is C11H11BrO2. The number of Topliss-reactive ketones (excluding diaryl/α,β-unsaturated/α-hetero) is 1. The van der Waals surface area contributed by atoms with E-state index in [4.69, 9.17) is 0 Å². The molecule has 1 aromatic carbocycles. The van der Waals surface area contributed by atoms with Crippen molar-refractivity contribution in [2.75, 3.05) is 5.33 Å². The fourth-order valence-corrected chi connectivity index (χ4v) is 1.52. The molecule has 0 atom stereocenters. The summed E-state index contributed by atoms with van der Waals surface area (Å²) in [5, 5.41) is 0.333. The van der Waals surface area contributed by atoms with Gasteiger partial charge >= 0.3 is 0 Å². The Kier molecular flexibility index (Phi) is 4.01. The van der Waals surface area contributed by atoms with E-state index in [-0.39, 0.29) is 5.78 Å². The van der Waals surface area contributed by atoms with Gasteiger partial charge in [0, 0.05) is 12.0 Å². The van der Waals surface area contributed by atoms with Crippen LogP contribution >= 0.6 is 15.9 Å². The highest BCUT2D eigenvalue weighted by Crippen LogP contribution is 2.13. The number of aldehydes is 1. The summed E-state index contributed by atoms with van der Waals surface area (Å²) in [6, 6.07) is 5.46. The van der Waals surface area contributed by atoms with E-state index in [2.05, 4.69) is 15.9 Å². The van der Waals surface area contributed by atoms with Gasteiger partial charge in [0.1, 0.15) is 12.1 Å². The monoisotopic (exact) mass is 254 g/mol. The summed E-state index contributed by atoms with van der Waals surface area (Å²) < 4.78 is 0. The van der Waals surface area contributed by atoms with Gasteiger partial charge < -0.3 is 0 Å². The molecule has 3 heteroatoms. The number of ketones is 1. The molecule has 1 rings (SSSR count). The van der Waals surface area contributed by atoms with Crippen molar-refractivity contribution in [3.63, 3.8) is 0 Å². The zero-order valence-corrected chi connectivity index (χ0v) is 9.50. The molecular weight excluding hydrogens is 244 g/mol. The van der Waals surface area contributed by atoms with E-state index >= 15 is 0 Å². The quantitative estimate of drug-likeness (QED) is 0.611. The molecule has 0 radical (unpaired) electrons. The Morgan fingerprint density at radius 3 is 2.79 bits per heavy atom. The van der Waals surface area contributed by atoms with Crippen LogP contribution in [0, 0.1) is 6.92 Å². The number of benzene rings is 1. The van der Waals surface area contributed by atoms with E-state index in [9.17, 15) is 9.59 Å². The lowest BCUT2D eigenvalue weighted by molar-refractivity contribution is -0.115. The van der Waals surface area contributed by atoms with Gasteiger partial charge in [0.25, 0.3) is 0 Å². The van der Waals surface area contributed by atoms with E-state index in [1.165, 1.54) is 0 Å². The number of rotatable bonds is 4. The van der Waals surface area contributed by atoms with Crippen LogP contribution in [0.15, 0.2) is 18.2 Å². The molecule has 14 heavy (non-hydrogen) atoms. The molecule has 0 aliphatic rings. The second kappa shape index (κ2) is 5.05. The van der Waals surface area contributed by atoms with Gasteiger partial charge in [-0.3, -0.25) is 9.59 Å². The normalized spacial score (nSPS) is 9.86. The van der Waals surface area contributed by atoms with Crippen LogP contribution in [0.2, 0.25) is 0 Å². The van der Waals surface area contributed by atoms with Gasteiger partial charge in [-0.2, -0.15) is 0 Å². The lowest BCUT2D eigenvalue weighted by Crippen LogP contribution is -2.07. The summed E-state index contributed by atoms with van der Waals surface area (Å²) in [4.78, 5) is 22.0. The van der Waals surface area contributed by atoms with Crippen molar-refractivity contribution in [1.82, 2.24) is 0 Å². The van der Waals surface area contributed by atoms with Crippen molar-refractivity contribution in [3.05, 3.63) is 34.9 Å². The van der Waals surface area contributed by atoms with Crippen molar-refractivity contribution in [3.8, 4) is 0 Å². The van der Waals surface area contributed by atoms with Crippen molar-refractivity contribution >= 4 is 28.0 Å². The fourth-order valence-electron chi connectivity index (χ4n) is 1.32. The number of hydrogen-bond donors (Lipinski definition) is 0. The number of aryl methyl sites for hydroxylation is 1. The Labute approximate surface area is 91.4 Å². The molecule has 0 N–H and O–H groups in total. The third-order valence-electron chi connectivity index (χ3n) is 2.10. The lowest BCUT2D eigenvalue weighted by Gasteiger charge is -2.06. The molecule has 74 valence electrons. The first-order valence-corrected chi connectivity index (χ1v) is 5.42. The molecule has 0 saturated heterocycles. The van der Waals surface area contributed by atoms with Gasteiger partial charge in [0.2, 0.25) is 0 Å². The molecule has 0 fully saturated rings. The summed E-state index contributed by atoms with van der Waals surface area (Å²) in [6.07, 6.45) is 1.12. The van der Waals surface area contributed by atoms with Crippen LogP contribution < -0.4 is 0 Å². The summed E-state index contributed by atoms with van der Waals surface area (Å²) in [5.74, 6) is 0.0856. The van der Waals surface area contributed by atoms with Crippen LogP contribution in [0.4, 0.5) is 0 Å². The van der Waals surface area contributed by atoms with Crippen LogP contribution in [0.5, 0.6) is 0 Å². The number of carbonyl (C=O) groups is 2. The lowest BCUT2D eigenvalue weighted by atomic mass is 9.98. The standard InChI is InChI=1S/C11H11BrO2/c1-8-3-2-4-9(7-13)11(8)5-10(14)6-12/h2-4,7H,5-6H2,1H3. The van der Waals surface area contributed by atoms with Gasteiger partial charge in [-0.05, 0) is 18.1 Å². The van der Waals surface area contributed by atoms with Gasteiger partial charge in [-0.25, -0.2) is 0 Å². The average molecular weight is 255 g/mol. The van der Waals surface area contributed by atoms with Gasteiger partial charge in [-0.15, -0.1) is 0 Å². The summed E-state index contributed by atoms with van der Waals surface area (Å²) in [7, 11) is 0. The van der Waals surface area contributed by atoms with E-state index in [1.807, 2.05) is 19.1 Å². The fraction of sp³-hybridized carbons (Fsp3) is 0.273. The van der Waals surface area contributed by atoms with Crippen LogP contribution in [0.3, 0.4) is 0 Å². The molecule has 2 nitrogen and oxygen atoms in total.